The molecular weight excluding hydrogens is 356 g/mol. The number of fused-ring (bicyclic) bond motifs is 1. The number of carbonyl (C=O) groups is 2. The number of hydrogen-bond acceptors (Lipinski definition) is 4. The van der Waals surface area contributed by atoms with E-state index in [-0.39, 0.29) is 24.6 Å². The summed E-state index contributed by atoms with van der Waals surface area (Å²) >= 11 is 0. The number of hydrogen-bond donors (Lipinski definition) is 0. The second kappa shape index (κ2) is 8.25. The lowest BCUT2D eigenvalue weighted by molar-refractivity contribution is -0.143. The van der Waals surface area contributed by atoms with Crippen molar-refractivity contribution in [3.63, 3.8) is 0 Å². The molecule has 2 aromatic carbocycles. The minimum absolute atomic E-state index is 0.231. The van der Waals surface area contributed by atoms with Gasteiger partial charge in [-0.3, -0.25) is 18.7 Å². The first-order valence-corrected chi connectivity index (χ1v) is 9.41. The Morgan fingerprint density at radius 1 is 1.00 bits per heavy atom. The standard InChI is InChI=1S/C22H24N2O4/c1-4-15-10-11-16(5-2)17(12-15)20(25)14-28-21(26)13-24-19-9-7-6-8-18(19)23(3)22(24)27/h6-12H,4-5,13-14H2,1-3H3. The van der Waals surface area contributed by atoms with Crippen molar-refractivity contribution in [3.05, 3.63) is 69.6 Å². The van der Waals surface area contributed by atoms with Gasteiger partial charge < -0.3 is 4.74 Å². The van der Waals surface area contributed by atoms with Crippen molar-refractivity contribution < 1.29 is 14.3 Å². The second-order valence-electron chi connectivity index (χ2n) is 6.70. The molecule has 0 aliphatic carbocycles. The Kier molecular flexibility index (Phi) is 5.78. The third-order valence-corrected chi connectivity index (χ3v) is 4.97. The Balaban J connectivity index is 1.73. The number of benzene rings is 2. The third-order valence-electron chi connectivity index (χ3n) is 4.97. The highest BCUT2D eigenvalue weighted by atomic mass is 16.5. The Hall–Kier alpha value is -3.15. The molecule has 0 aliphatic rings. The number of Topliss-reactive ketones (excluding diaryl/α,β-unsaturated/α-hetero) is 1. The number of esters is 1. The average Bonchev–Trinajstić information content (AvgIpc) is 2.96. The number of carbonyl (C=O) groups excluding carboxylic acids is 2. The molecule has 0 spiro atoms. The van der Waals surface area contributed by atoms with Crippen LogP contribution in [-0.4, -0.2) is 27.5 Å². The van der Waals surface area contributed by atoms with Crippen LogP contribution in [0.1, 0.15) is 35.3 Å². The molecule has 28 heavy (non-hydrogen) atoms. The SMILES string of the molecule is CCc1ccc(CC)c(C(=O)COC(=O)Cn2c(=O)n(C)c3ccccc32)c1. The maximum Gasteiger partial charge on any atom is 0.329 e. The number of aryl methyl sites for hydroxylation is 3. The van der Waals surface area contributed by atoms with Crippen LogP contribution in [-0.2, 0) is 36.0 Å². The van der Waals surface area contributed by atoms with Gasteiger partial charge in [-0.05, 0) is 42.2 Å². The number of rotatable bonds is 7. The van der Waals surface area contributed by atoms with E-state index in [0.717, 1.165) is 29.5 Å². The molecule has 0 radical (unpaired) electrons. The number of nitrogens with zero attached hydrogens (tertiary/aromatic N) is 2. The molecule has 1 heterocycles. The molecule has 0 amide bonds. The monoisotopic (exact) mass is 380 g/mol. The fraction of sp³-hybridized carbons (Fsp3) is 0.318. The van der Waals surface area contributed by atoms with Gasteiger partial charge in [0.05, 0.1) is 11.0 Å². The molecule has 6 heteroatoms. The summed E-state index contributed by atoms with van der Waals surface area (Å²) in [5.41, 5.74) is 3.69. The van der Waals surface area contributed by atoms with E-state index in [2.05, 4.69) is 0 Å². The highest BCUT2D eigenvalue weighted by molar-refractivity contribution is 5.99. The van der Waals surface area contributed by atoms with Crippen molar-refractivity contribution in [2.75, 3.05) is 6.61 Å². The quantitative estimate of drug-likeness (QED) is 0.467. The van der Waals surface area contributed by atoms with E-state index in [4.69, 9.17) is 4.74 Å². The van der Waals surface area contributed by atoms with E-state index >= 15 is 0 Å². The number of ketones is 1. The first kappa shape index (κ1) is 19.6. The van der Waals surface area contributed by atoms with Gasteiger partial charge >= 0.3 is 11.7 Å². The molecule has 146 valence electrons. The molecule has 0 bridgehead atoms. The van der Waals surface area contributed by atoms with Gasteiger partial charge in [-0.2, -0.15) is 0 Å². The van der Waals surface area contributed by atoms with E-state index in [0.29, 0.717) is 11.1 Å². The van der Waals surface area contributed by atoms with Crippen LogP contribution in [0.2, 0.25) is 0 Å². The summed E-state index contributed by atoms with van der Waals surface area (Å²) in [6.45, 7) is 3.44. The molecule has 0 fully saturated rings. The first-order chi connectivity index (χ1) is 13.5. The molecule has 6 nitrogen and oxygen atoms in total. The van der Waals surface area contributed by atoms with Crippen LogP contribution >= 0.6 is 0 Å². The van der Waals surface area contributed by atoms with E-state index in [1.54, 1.807) is 19.2 Å². The summed E-state index contributed by atoms with van der Waals surface area (Å²) in [4.78, 5) is 37.3. The number of para-hydroxylation sites is 2. The van der Waals surface area contributed by atoms with Crippen LogP contribution in [0, 0.1) is 0 Å². The lowest BCUT2D eigenvalue weighted by atomic mass is 9.98. The van der Waals surface area contributed by atoms with Crippen molar-refractivity contribution in [1.82, 2.24) is 9.13 Å². The second-order valence-corrected chi connectivity index (χ2v) is 6.70. The van der Waals surface area contributed by atoms with Crippen molar-refractivity contribution >= 4 is 22.8 Å². The first-order valence-electron chi connectivity index (χ1n) is 9.41. The topological polar surface area (TPSA) is 70.3 Å². The molecule has 0 aliphatic heterocycles. The van der Waals surface area contributed by atoms with Crippen LogP contribution in [0.15, 0.2) is 47.3 Å². The molecule has 3 rings (SSSR count). The molecular formula is C22H24N2O4. The lowest BCUT2D eigenvalue weighted by Crippen LogP contribution is -2.27. The van der Waals surface area contributed by atoms with Crippen LogP contribution < -0.4 is 5.69 Å². The smallest absolute Gasteiger partial charge is 0.329 e. The molecule has 0 saturated carbocycles. The van der Waals surface area contributed by atoms with Gasteiger partial charge in [0.25, 0.3) is 0 Å². The van der Waals surface area contributed by atoms with E-state index < -0.39 is 5.97 Å². The van der Waals surface area contributed by atoms with Gasteiger partial charge in [-0.1, -0.05) is 38.1 Å². The minimum Gasteiger partial charge on any atom is -0.456 e. The minimum atomic E-state index is -0.614. The van der Waals surface area contributed by atoms with Crippen LogP contribution in [0.25, 0.3) is 11.0 Å². The Labute approximate surface area is 163 Å². The van der Waals surface area contributed by atoms with Gasteiger partial charge in [0.2, 0.25) is 5.78 Å². The van der Waals surface area contributed by atoms with Crippen molar-refractivity contribution in [2.45, 2.75) is 33.2 Å². The van der Waals surface area contributed by atoms with Crippen LogP contribution in [0.4, 0.5) is 0 Å². The number of imidazole rings is 1. The Bertz CT molecular complexity index is 1090. The zero-order valence-corrected chi connectivity index (χ0v) is 16.4. The predicted octanol–water partition coefficient (Wildman–Crippen LogP) is 2.89. The summed E-state index contributed by atoms with van der Waals surface area (Å²) < 4.78 is 8.03. The highest BCUT2D eigenvalue weighted by Gasteiger charge is 2.17. The van der Waals surface area contributed by atoms with Crippen molar-refractivity contribution in [3.8, 4) is 0 Å². The predicted molar refractivity (Wildman–Crippen MR) is 108 cm³/mol. The number of aromatic nitrogens is 2. The van der Waals surface area contributed by atoms with Crippen molar-refractivity contribution in [1.29, 1.82) is 0 Å². The van der Waals surface area contributed by atoms with E-state index in [1.807, 2.05) is 44.2 Å². The van der Waals surface area contributed by atoms with Gasteiger partial charge in [0.1, 0.15) is 6.54 Å². The number of ether oxygens (including phenoxy) is 1. The normalized spacial score (nSPS) is 11.0. The Morgan fingerprint density at radius 3 is 2.39 bits per heavy atom. The van der Waals surface area contributed by atoms with Crippen LogP contribution in [0.3, 0.4) is 0 Å². The fourth-order valence-corrected chi connectivity index (χ4v) is 3.33. The molecule has 3 aromatic rings. The van der Waals surface area contributed by atoms with Gasteiger partial charge in [-0.15, -0.1) is 0 Å². The summed E-state index contributed by atoms with van der Waals surface area (Å²) in [7, 11) is 1.66. The third kappa shape index (κ3) is 3.76. The zero-order valence-electron chi connectivity index (χ0n) is 16.4. The summed E-state index contributed by atoms with van der Waals surface area (Å²) in [5, 5.41) is 0. The van der Waals surface area contributed by atoms with Gasteiger partial charge in [0.15, 0.2) is 6.61 Å². The summed E-state index contributed by atoms with van der Waals surface area (Å²) in [6.07, 6.45) is 1.55. The van der Waals surface area contributed by atoms with E-state index in [9.17, 15) is 14.4 Å². The molecule has 0 atom stereocenters. The highest BCUT2D eigenvalue weighted by Crippen LogP contribution is 2.15. The zero-order chi connectivity index (χ0) is 20.3. The van der Waals surface area contributed by atoms with E-state index in [1.165, 1.54) is 9.13 Å². The maximum absolute atomic E-state index is 12.6. The van der Waals surface area contributed by atoms with Gasteiger partial charge in [0, 0.05) is 12.6 Å². The molecule has 0 N–H and O–H groups in total. The summed E-state index contributed by atoms with van der Waals surface area (Å²) in [6, 6.07) is 13.1. The fourth-order valence-electron chi connectivity index (χ4n) is 3.33. The summed E-state index contributed by atoms with van der Waals surface area (Å²) in [5.74, 6) is -0.845. The molecule has 0 unspecified atom stereocenters. The average molecular weight is 380 g/mol. The maximum atomic E-state index is 12.6. The van der Waals surface area contributed by atoms with Crippen LogP contribution in [0.5, 0.6) is 0 Å². The molecule has 1 aromatic heterocycles. The molecule has 0 saturated heterocycles. The van der Waals surface area contributed by atoms with Crippen molar-refractivity contribution in [2.24, 2.45) is 7.05 Å². The van der Waals surface area contributed by atoms with Gasteiger partial charge in [-0.25, -0.2) is 4.79 Å². The Morgan fingerprint density at radius 2 is 1.71 bits per heavy atom. The lowest BCUT2D eigenvalue weighted by Gasteiger charge is -2.10. The largest absolute Gasteiger partial charge is 0.456 e.